The van der Waals surface area contributed by atoms with E-state index in [0.29, 0.717) is 22.4 Å². The van der Waals surface area contributed by atoms with Gasteiger partial charge in [-0.05, 0) is 87.5 Å². The van der Waals surface area contributed by atoms with Crippen molar-refractivity contribution in [1.82, 2.24) is 9.80 Å². The van der Waals surface area contributed by atoms with E-state index < -0.39 is 159 Å². The smallest absolute Gasteiger partial charge is 0.303 e. The summed E-state index contributed by atoms with van der Waals surface area (Å²) in [4.78, 5) is 79.7. The number of hydrogen-bond donors (Lipinski definition) is 1. The highest BCUT2D eigenvalue weighted by molar-refractivity contribution is 6.22. The first-order valence-electron chi connectivity index (χ1n) is 44.3. The lowest BCUT2D eigenvalue weighted by atomic mass is 9.92. The molecule has 27 nitrogen and oxygen atoms in total. The number of fused-ring (bicyclic) bond motifs is 3. The number of methoxy groups -OCH3 is 1. The molecule has 132 heavy (non-hydrogen) atoms. The van der Waals surface area contributed by atoms with Gasteiger partial charge in [0.25, 0.3) is 23.6 Å². The van der Waals surface area contributed by atoms with Gasteiger partial charge in [-0.25, -0.2) is 0 Å². The molecule has 5 fully saturated rings. The predicted octanol–water partition coefficient (Wildman–Crippen LogP) is 13.9. The number of carbonyl (C=O) groups excluding carboxylic acids is 5. The van der Waals surface area contributed by atoms with Crippen molar-refractivity contribution >= 4 is 29.6 Å². The van der Waals surface area contributed by atoms with Gasteiger partial charge >= 0.3 is 5.97 Å². The lowest BCUT2D eigenvalue weighted by Crippen LogP contribution is -2.72. The van der Waals surface area contributed by atoms with E-state index in [0.717, 1.165) is 37.6 Å². The Labute approximate surface area is 763 Å². The molecule has 0 aliphatic carbocycles. The van der Waals surface area contributed by atoms with Crippen LogP contribution in [0.1, 0.15) is 99.2 Å². The molecule has 7 aliphatic heterocycles. The van der Waals surface area contributed by atoms with Crippen LogP contribution in [0.2, 0.25) is 0 Å². The van der Waals surface area contributed by atoms with Crippen LogP contribution in [0.25, 0.3) is 0 Å². The molecular formula is C105H102N2O25. The molecule has 11 aromatic rings. The minimum Gasteiger partial charge on any atom is -0.497 e. The van der Waals surface area contributed by atoms with Crippen LogP contribution < -0.4 is 9.47 Å². The van der Waals surface area contributed by atoms with E-state index >= 15 is 19.2 Å². The fourth-order valence-corrected chi connectivity index (χ4v) is 17.8. The minimum atomic E-state index is -1.97. The summed E-state index contributed by atoms with van der Waals surface area (Å²) in [6.07, 6.45) is -28.0. The maximum absolute atomic E-state index is 16.2. The molecule has 21 atom stereocenters. The Morgan fingerprint density at radius 1 is 0.341 bits per heavy atom. The van der Waals surface area contributed by atoms with Crippen molar-refractivity contribution < 1.29 is 119 Å². The molecule has 7 aliphatic rings. The molecule has 682 valence electrons. The van der Waals surface area contributed by atoms with Gasteiger partial charge in [0, 0.05) is 12.5 Å². The van der Waals surface area contributed by atoms with Gasteiger partial charge in [0.1, 0.15) is 103 Å². The van der Waals surface area contributed by atoms with E-state index in [4.69, 9.17) is 90.0 Å². The second-order valence-electron chi connectivity index (χ2n) is 33.1. The van der Waals surface area contributed by atoms with E-state index in [1.165, 1.54) is 26.2 Å². The standard InChI is InChI=1S/C105H102N2O25/c1-66(108)123-96-95(121-61-73-43-23-9-24-44-73)88(118-58-70-37-17-6-18-38-70)81(62-115-55-67-31-11-3-12-32-67)128-105(96)132-94-87(109)104(127-84-65-122-101(129-91(84)94)74-45-25-10-26-46-74)131-90-83(64-117-57-69-35-15-5-16-36-69)126-103(86(93(90)120-60-72-41-21-8-22-42-72)107-99(112)79-49-29-30-50-80(79)100(107)113)130-89-82(63-116-56-68-33-13-4-14-34-68)125-102(124-76-53-51-75(114-2)52-54-76)85(92(89)119-59-71-39-19-7-20-40-71)106-97(110)77-47-27-28-48-78(77)98(106)111/h3-54,81-96,101-105,109H,55-65H2,1-2H3/t81-,82-,83-,84-,85-,86-,87+,88-,89-,90-,91-,92-,93-,94-,95+,96+,101?,102-,103+,104-,105-/m1/s1. The maximum atomic E-state index is 16.2. The SMILES string of the molecule is COc1ccc(O[C@@H]2O[C@H](COCc3ccccc3)[C@@H](O[C@@H]3O[C@H](COCc4ccccc4)[C@@H](O[C@H]4O[C@@H]5COC(c6ccccc6)O[C@H]5[C@H](O[C@H]5O[C@H](COCc6ccccc6)[C@@H](OCc6ccccc6)[C@H](OCc6ccccc6)[C@@H]5OC(C)=O)[C@@H]4O)[C@H](OCc4ccccc4)[C@H]3N3C(=O)c4ccccc4C3=O)[C@H](OCc3ccccc3)[C@H]2N2C(=O)c3ccccc3C2=O)cc1. The van der Waals surface area contributed by atoms with Crippen LogP contribution in [0.5, 0.6) is 11.5 Å². The number of esters is 1. The van der Waals surface area contributed by atoms with Gasteiger partial charge in [-0.1, -0.05) is 267 Å². The highest BCUT2D eigenvalue weighted by atomic mass is 16.8. The van der Waals surface area contributed by atoms with Crippen molar-refractivity contribution in [1.29, 1.82) is 0 Å². The fraction of sp³-hybridized carbons (Fsp3) is 0.324. The molecule has 27 heteroatoms. The first-order valence-corrected chi connectivity index (χ1v) is 44.3. The van der Waals surface area contributed by atoms with Crippen LogP contribution in [-0.2, 0) is 132 Å². The van der Waals surface area contributed by atoms with Gasteiger partial charge in [-0.15, -0.1) is 0 Å². The van der Waals surface area contributed by atoms with Crippen LogP contribution in [0, 0.1) is 0 Å². The molecule has 0 saturated carbocycles. The van der Waals surface area contributed by atoms with Gasteiger partial charge in [0.15, 0.2) is 31.3 Å². The summed E-state index contributed by atoms with van der Waals surface area (Å²) in [5.74, 6) is -2.95. The molecule has 5 saturated heterocycles. The summed E-state index contributed by atoms with van der Waals surface area (Å²) in [6, 6.07) is 91.2. The third-order valence-electron chi connectivity index (χ3n) is 24.3. The summed E-state index contributed by atoms with van der Waals surface area (Å²) >= 11 is 0. The van der Waals surface area contributed by atoms with E-state index in [9.17, 15) is 9.90 Å². The average Bonchev–Trinajstić information content (AvgIpc) is 1.49. The highest BCUT2D eigenvalue weighted by Crippen LogP contribution is 2.46. The summed E-state index contributed by atoms with van der Waals surface area (Å²) in [6.45, 7) is 0.0499. The monoisotopic (exact) mass is 1790 g/mol. The van der Waals surface area contributed by atoms with E-state index in [1.54, 1.807) is 60.7 Å². The van der Waals surface area contributed by atoms with E-state index in [2.05, 4.69) is 0 Å². The number of hydrogen-bond acceptors (Lipinski definition) is 25. The number of nitrogens with zero attached hydrogens (tertiary/aromatic N) is 2. The second-order valence-corrected chi connectivity index (χ2v) is 33.1. The zero-order valence-electron chi connectivity index (χ0n) is 72.6. The highest BCUT2D eigenvalue weighted by Gasteiger charge is 2.63. The lowest BCUT2D eigenvalue weighted by Gasteiger charge is -2.54. The minimum absolute atomic E-state index is 0.00270. The van der Waals surface area contributed by atoms with Crippen LogP contribution in [0.4, 0.5) is 0 Å². The Balaban J connectivity index is 0.773. The molecule has 0 aromatic heterocycles. The Hall–Kier alpha value is -11.9. The zero-order chi connectivity index (χ0) is 90.2. The van der Waals surface area contributed by atoms with Crippen LogP contribution >= 0.6 is 0 Å². The maximum Gasteiger partial charge on any atom is 0.303 e. The summed E-state index contributed by atoms with van der Waals surface area (Å²) in [5, 5.41) is 14.1. The topological polar surface area (TPSA) is 287 Å². The number of aliphatic hydroxyl groups excluding tert-OH is 1. The Bertz CT molecular complexity index is 5520. The van der Waals surface area contributed by atoms with Gasteiger partial charge in [-0.2, -0.15) is 0 Å². The Morgan fingerprint density at radius 2 is 0.674 bits per heavy atom. The van der Waals surface area contributed by atoms with Gasteiger partial charge < -0.3 is 95.1 Å². The average molecular weight is 1790 g/mol. The number of carbonyl (C=O) groups is 5. The largest absolute Gasteiger partial charge is 0.497 e. The molecule has 4 amide bonds. The third-order valence-corrected chi connectivity index (χ3v) is 24.3. The lowest BCUT2D eigenvalue weighted by molar-refractivity contribution is -0.409. The van der Waals surface area contributed by atoms with Crippen molar-refractivity contribution in [3.05, 3.63) is 382 Å². The molecule has 18 rings (SSSR count). The normalized spacial score (nSPS) is 27.4. The van der Waals surface area contributed by atoms with Crippen molar-refractivity contribution in [3.8, 4) is 11.5 Å². The molecule has 7 heterocycles. The predicted molar refractivity (Wildman–Crippen MR) is 474 cm³/mol. The third kappa shape index (κ3) is 21.1. The number of benzene rings is 11. The van der Waals surface area contributed by atoms with Crippen molar-refractivity contribution in [2.24, 2.45) is 0 Å². The zero-order valence-corrected chi connectivity index (χ0v) is 72.6. The van der Waals surface area contributed by atoms with E-state index in [1.807, 2.05) is 243 Å². The molecule has 1 N–H and O–H groups in total. The number of imide groups is 2. The molecular weight excluding hydrogens is 1690 g/mol. The number of amides is 4. The number of rotatable bonds is 37. The van der Waals surface area contributed by atoms with Crippen molar-refractivity contribution in [2.75, 3.05) is 33.5 Å². The summed E-state index contributed by atoms with van der Waals surface area (Å²) in [5.41, 5.74) is 6.19. The first-order chi connectivity index (χ1) is 64.8. The quantitative estimate of drug-likeness (QED) is 0.0279. The van der Waals surface area contributed by atoms with Crippen molar-refractivity contribution in [2.45, 2.75) is 182 Å². The van der Waals surface area contributed by atoms with Crippen LogP contribution in [0.15, 0.2) is 315 Å². The van der Waals surface area contributed by atoms with Crippen LogP contribution in [-0.4, -0.2) is 201 Å². The molecule has 0 radical (unpaired) electrons. The molecule has 0 spiro atoms. The first kappa shape index (κ1) is 90.6. The Morgan fingerprint density at radius 3 is 1.08 bits per heavy atom. The summed E-state index contributed by atoms with van der Waals surface area (Å²) in [7, 11) is 1.53. The number of aliphatic hydroxyl groups is 1. The van der Waals surface area contributed by atoms with Crippen LogP contribution in [0.3, 0.4) is 0 Å². The fourth-order valence-electron chi connectivity index (χ4n) is 17.8. The number of ether oxygens (including phenoxy) is 19. The molecule has 0 bridgehead atoms. The van der Waals surface area contributed by atoms with Gasteiger partial charge in [0.2, 0.25) is 6.29 Å². The Kier molecular flexibility index (Phi) is 29.7. The van der Waals surface area contributed by atoms with Crippen molar-refractivity contribution in [3.63, 3.8) is 0 Å². The summed E-state index contributed by atoms with van der Waals surface area (Å²) < 4.78 is 134. The molecule has 1 unspecified atom stereocenters. The molecule has 11 aromatic carbocycles. The second kappa shape index (κ2) is 43.2. The van der Waals surface area contributed by atoms with E-state index in [-0.39, 0.29) is 101 Å². The van der Waals surface area contributed by atoms with Gasteiger partial charge in [0.05, 0.1) is 102 Å². The van der Waals surface area contributed by atoms with Gasteiger partial charge in [-0.3, -0.25) is 33.8 Å².